The number of carbonyl (C=O) groups is 1. The summed E-state index contributed by atoms with van der Waals surface area (Å²) in [6.07, 6.45) is 0.851. The molecule has 1 aromatic carbocycles. The molecule has 0 bridgehead atoms. The molecule has 0 atom stereocenters. The number of rotatable bonds is 3. The van der Waals surface area contributed by atoms with Crippen molar-refractivity contribution in [1.29, 1.82) is 0 Å². The highest BCUT2D eigenvalue weighted by Crippen LogP contribution is 2.15. The molecule has 6 nitrogen and oxygen atoms in total. The predicted octanol–water partition coefficient (Wildman–Crippen LogP) is 1.55. The highest BCUT2D eigenvalue weighted by Gasteiger charge is 2.29. The number of carbonyl (C=O) groups excluding carboxylic acids is 1. The zero-order chi connectivity index (χ0) is 13.8. The van der Waals surface area contributed by atoms with E-state index in [9.17, 15) is 14.9 Å². The van der Waals surface area contributed by atoms with E-state index in [-0.39, 0.29) is 11.4 Å². The van der Waals surface area contributed by atoms with E-state index in [2.05, 4.69) is 10.6 Å². The van der Waals surface area contributed by atoms with Crippen LogP contribution >= 0.6 is 11.6 Å². The van der Waals surface area contributed by atoms with Crippen LogP contribution in [0.1, 0.15) is 16.8 Å². The van der Waals surface area contributed by atoms with Gasteiger partial charge in [-0.3, -0.25) is 14.9 Å². The van der Waals surface area contributed by atoms with Gasteiger partial charge >= 0.3 is 5.70 Å². The number of Topliss-reactive ketones (excluding diaryl/α,β-unsaturated/α-hetero) is 1. The third-order valence-electron chi connectivity index (χ3n) is 2.70. The van der Waals surface area contributed by atoms with Crippen molar-refractivity contribution in [2.45, 2.75) is 6.42 Å². The molecule has 0 amide bonds. The van der Waals surface area contributed by atoms with Gasteiger partial charge in [0.15, 0.2) is 5.82 Å². The molecule has 2 rings (SSSR count). The van der Waals surface area contributed by atoms with Gasteiger partial charge in [0.2, 0.25) is 0 Å². The van der Waals surface area contributed by atoms with Crippen LogP contribution in [0.2, 0.25) is 5.02 Å². The summed E-state index contributed by atoms with van der Waals surface area (Å²) in [4.78, 5) is 22.6. The van der Waals surface area contributed by atoms with Gasteiger partial charge < -0.3 is 10.6 Å². The van der Waals surface area contributed by atoms with E-state index in [1.165, 1.54) is 24.3 Å². The van der Waals surface area contributed by atoms with Crippen LogP contribution in [-0.4, -0.2) is 23.8 Å². The molecule has 1 aliphatic rings. The first kappa shape index (κ1) is 13.4. The van der Waals surface area contributed by atoms with Gasteiger partial charge in [0.25, 0.3) is 5.78 Å². The number of nitrogens with zero attached hydrogens (tertiary/aromatic N) is 1. The minimum Gasteiger partial charge on any atom is -0.366 e. The Labute approximate surface area is 114 Å². The first-order valence-electron chi connectivity index (χ1n) is 5.76. The Bertz CT molecular complexity index is 532. The van der Waals surface area contributed by atoms with Crippen molar-refractivity contribution in [3.63, 3.8) is 0 Å². The van der Waals surface area contributed by atoms with E-state index in [4.69, 9.17) is 11.6 Å². The SMILES string of the molecule is O=C(C(=C1NCCCN1)[N+](=O)[O-])c1ccc(Cl)cc1. The topological polar surface area (TPSA) is 84.3 Å². The molecule has 0 aromatic heterocycles. The summed E-state index contributed by atoms with van der Waals surface area (Å²) in [5, 5.41) is 17.3. The summed E-state index contributed by atoms with van der Waals surface area (Å²) in [5.41, 5.74) is -0.236. The Balaban J connectivity index is 2.36. The molecular weight excluding hydrogens is 270 g/mol. The van der Waals surface area contributed by atoms with Gasteiger partial charge in [0.1, 0.15) is 0 Å². The van der Waals surface area contributed by atoms with Gasteiger partial charge in [0.05, 0.1) is 4.92 Å². The summed E-state index contributed by atoms with van der Waals surface area (Å²) in [6, 6.07) is 5.99. The molecule has 0 spiro atoms. The van der Waals surface area contributed by atoms with Crippen molar-refractivity contribution in [3.05, 3.63) is 56.5 Å². The van der Waals surface area contributed by atoms with E-state index in [0.29, 0.717) is 18.1 Å². The van der Waals surface area contributed by atoms with Gasteiger partial charge in [-0.25, -0.2) is 0 Å². The fourth-order valence-corrected chi connectivity index (χ4v) is 1.90. The minimum absolute atomic E-state index is 0.177. The number of halogens is 1. The molecule has 0 radical (unpaired) electrons. The Hall–Kier alpha value is -2.08. The molecule has 1 heterocycles. The monoisotopic (exact) mass is 281 g/mol. The fraction of sp³-hybridized carbons (Fsp3) is 0.250. The fourth-order valence-electron chi connectivity index (χ4n) is 1.77. The Kier molecular flexibility index (Phi) is 4.01. The standard InChI is InChI=1S/C12H12ClN3O3/c13-9-4-2-8(3-5-9)11(17)10(16(18)19)12-14-6-1-7-15-12/h2-5,14-15H,1,6-7H2. The normalized spacial score (nSPS) is 14.3. The molecule has 1 saturated heterocycles. The van der Waals surface area contributed by atoms with Crippen LogP contribution in [0, 0.1) is 10.1 Å². The van der Waals surface area contributed by atoms with Crippen LogP contribution in [-0.2, 0) is 0 Å². The van der Waals surface area contributed by atoms with Crippen LogP contribution < -0.4 is 10.6 Å². The molecule has 19 heavy (non-hydrogen) atoms. The van der Waals surface area contributed by atoms with E-state index in [1.54, 1.807) is 0 Å². The van der Waals surface area contributed by atoms with Crippen LogP contribution in [0.5, 0.6) is 0 Å². The summed E-state index contributed by atoms with van der Waals surface area (Å²) >= 11 is 5.73. The lowest BCUT2D eigenvalue weighted by Gasteiger charge is -2.18. The second kappa shape index (κ2) is 5.71. The molecule has 7 heteroatoms. The van der Waals surface area contributed by atoms with Crippen LogP contribution in [0.15, 0.2) is 35.8 Å². The van der Waals surface area contributed by atoms with Crippen molar-refractivity contribution in [2.24, 2.45) is 0 Å². The third kappa shape index (κ3) is 3.03. The van der Waals surface area contributed by atoms with Gasteiger partial charge in [-0.15, -0.1) is 0 Å². The maximum absolute atomic E-state index is 12.2. The molecule has 1 aliphatic heterocycles. The van der Waals surface area contributed by atoms with E-state index in [1.807, 2.05) is 0 Å². The highest BCUT2D eigenvalue weighted by molar-refractivity contribution is 6.30. The van der Waals surface area contributed by atoms with Crippen molar-refractivity contribution in [3.8, 4) is 0 Å². The van der Waals surface area contributed by atoms with Crippen molar-refractivity contribution < 1.29 is 9.72 Å². The van der Waals surface area contributed by atoms with Crippen LogP contribution in [0.4, 0.5) is 0 Å². The number of ketones is 1. The summed E-state index contributed by atoms with van der Waals surface area (Å²) in [6.45, 7) is 1.21. The number of nitrogens with one attached hydrogen (secondary N) is 2. The van der Waals surface area contributed by atoms with Crippen molar-refractivity contribution >= 4 is 17.4 Å². The van der Waals surface area contributed by atoms with Crippen LogP contribution in [0.25, 0.3) is 0 Å². The zero-order valence-corrected chi connectivity index (χ0v) is 10.7. The number of allylic oxidation sites excluding steroid dienone is 1. The Morgan fingerprint density at radius 1 is 1.21 bits per heavy atom. The number of hydrogen-bond acceptors (Lipinski definition) is 5. The average Bonchev–Trinajstić information content (AvgIpc) is 2.40. The summed E-state index contributed by atoms with van der Waals surface area (Å²) in [7, 11) is 0. The van der Waals surface area contributed by atoms with E-state index in [0.717, 1.165) is 6.42 Å². The molecule has 2 N–H and O–H groups in total. The minimum atomic E-state index is -0.669. The largest absolute Gasteiger partial charge is 0.366 e. The second-order valence-electron chi connectivity index (χ2n) is 4.02. The third-order valence-corrected chi connectivity index (χ3v) is 2.95. The first-order valence-corrected chi connectivity index (χ1v) is 6.14. The smallest absolute Gasteiger partial charge is 0.356 e. The zero-order valence-electron chi connectivity index (χ0n) is 9.98. The summed E-state index contributed by atoms with van der Waals surface area (Å²) in [5.74, 6) is -0.463. The quantitative estimate of drug-likeness (QED) is 0.380. The van der Waals surface area contributed by atoms with Gasteiger partial charge in [-0.1, -0.05) is 11.6 Å². The van der Waals surface area contributed by atoms with Crippen molar-refractivity contribution in [2.75, 3.05) is 13.1 Å². The number of benzene rings is 1. The van der Waals surface area contributed by atoms with Crippen LogP contribution in [0.3, 0.4) is 0 Å². The van der Waals surface area contributed by atoms with E-state index >= 15 is 0 Å². The molecule has 0 saturated carbocycles. The Morgan fingerprint density at radius 2 is 1.79 bits per heavy atom. The first-order chi connectivity index (χ1) is 9.09. The number of nitro groups is 1. The average molecular weight is 282 g/mol. The highest BCUT2D eigenvalue weighted by atomic mass is 35.5. The molecule has 1 fully saturated rings. The Morgan fingerprint density at radius 3 is 2.32 bits per heavy atom. The lowest BCUT2D eigenvalue weighted by Crippen LogP contribution is -2.38. The molecular formula is C12H12ClN3O3. The molecule has 0 aliphatic carbocycles. The molecule has 1 aromatic rings. The maximum Gasteiger partial charge on any atom is 0.356 e. The van der Waals surface area contributed by atoms with Gasteiger partial charge in [-0.2, -0.15) is 0 Å². The summed E-state index contributed by atoms with van der Waals surface area (Å²) < 4.78 is 0. The molecule has 100 valence electrons. The van der Waals surface area contributed by atoms with E-state index < -0.39 is 16.4 Å². The van der Waals surface area contributed by atoms with Gasteiger partial charge in [0, 0.05) is 23.7 Å². The maximum atomic E-state index is 12.2. The number of hydrogen-bond donors (Lipinski definition) is 2. The van der Waals surface area contributed by atoms with Gasteiger partial charge in [-0.05, 0) is 30.7 Å². The molecule has 0 unspecified atom stereocenters. The predicted molar refractivity (Wildman–Crippen MR) is 70.4 cm³/mol. The van der Waals surface area contributed by atoms with Crippen molar-refractivity contribution in [1.82, 2.24) is 10.6 Å². The lowest BCUT2D eigenvalue weighted by molar-refractivity contribution is -0.418. The second-order valence-corrected chi connectivity index (χ2v) is 4.46. The lowest BCUT2D eigenvalue weighted by atomic mass is 10.1.